The van der Waals surface area contributed by atoms with E-state index >= 15 is 0 Å². The zero-order valence-corrected chi connectivity index (χ0v) is 20.9. The first kappa shape index (κ1) is 24.8. The van der Waals surface area contributed by atoms with Crippen molar-refractivity contribution in [2.24, 2.45) is 0 Å². The molecule has 0 aliphatic heterocycles. The Morgan fingerprint density at radius 2 is 1.68 bits per heavy atom. The van der Waals surface area contributed by atoms with Crippen LogP contribution in [0.3, 0.4) is 0 Å². The highest BCUT2D eigenvalue weighted by molar-refractivity contribution is 5.88. The van der Waals surface area contributed by atoms with Gasteiger partial charge in [-0.15, -0.1) is 0 Å². The van der Waals surface area contributed by atoms with Gasteiger partial charge in [0.05, 0.1) is 0 Å². The highest BCUT2D eigenvalue weighted by Gasteiger charge is 2.31. The third kappa shape index (κ3) is 5.01. The molecular weight excluding hydrogens is 467 g/mol. The summed E-state index contributed by atoms with van der Waals surface area (Å²) >= 11 is 0. The predicted octanol–water partition coefficient (Wildman–Crippen LogP) is 6.01. The van der Waals surface area contributed by atoms with Crippen molar-refractivity contribution in [1.82, 2.24) is 9.88 Å². The van der Waals surface area contributed by atoms with Crippen molar-refractivity contribution in [3.8, 4) is 0 Å². The Kier molecular flexibility index (Phi) is 7.08. The van der Waals surface area contributed by atoms with Gasteiger partial charge in [0.2, 0.25) is 5.91 Å². The van der Waals surface area contributed by atoms with E-state index < -0.39 is 12.0 Å². The van der Waals surface area contributed by atoms with Crippen LogP contribution in [0.5, 0.6) is 0 Å². The van der Waals surface area contributed by atoms with E-state index in [2.05, 4.69) is 5.32 Å². The monoisotopic (exact) mass is 498 g/mol. The molecular formula is C31H31FN2O3. The normalized spacial score (nSPS) is 15.9. The molecule has 0 radical (unpaired) electrons. The van der Waals surface area contributed by atoms with Crippen molar-refractivity contribution in [3.63, 3.8) is 0 Å². The van der Waals surface area contributed by atoms with Gasteiger partial charge in [-0.05, 0) is 60.6 Å². The largest absolute Gasteiger partial charge is 0.480 e. The fourth-order valence-electron chi connectivity index (χ4n) is 5.78. The lowest BCUT2D eigenvalue weighted by molar-refractivity contribution is -0.141. The van der Waals surface area contributed by atoms with Crippen molar-refractivity contribution < 1.29 is 19.1 Å². The van der Waals surface area contributed by atoms with Crippen LogP contribution in [0.15, 0.2) is 78.9 Å². The zero-order valence-electron chi connectivity index (χ0n) is 20.9. The average Bonchev–Trinajstić information content (AvgIpc) is 3.21. The maximum atomic E-state index is 14.2. The van der Waals surface area contributed by atoms with E-state index in [0.717, 1.165) is 33.3 Å². The fourth-order valence-corrected chi connectivity index (χ4v) is 5.78. The first-order valence-electron chi connectivity index (χ1n) is 12.9. The van der Waals surface area contributed by atoms with Gasteiger partial charge >= 0.3 is 5.97 Å². The zero-order chi connectivity index (χ0) is 25.9. The topological polar surface area (TPSA) is 71.3 Å². The highest BCUT2D eigenvalue weighted by Crippen LogP contribution is 2.36. The molecule has 0 fully saturated rings. The van der Waals surface area contributed by atoms with Gasteiger partial charge in [0.15, 0.2) is 0 Å². The number of amides is 1. The lowest BCUT2D eigenvalue weighted by Gasteiger charge is -2.27. The van der Waals surface area contributed by atoms with E-state index in [0.29, 0.717) is 32.1 Å². The standard InChI is InChI=1S/C31H31FN2O3/c1-2-27(31(36)37)34-28-15-13-22(32)17-25(28)26-18-23(14-16-29(26)34)33-30(35)19-24(20-9-5-3-6-10-20)21-11-7-4-8-12-21/h3-13,15,17,23-24,27H,2,14,16,18-19H2,1H3,(H,33,35)(H,36,37)/t23-,27?/m0/s1. The van der Waals surface area contributed by atoms with Crippen LogP contribution in [0.1, 0.15) is 60.5 Å². The molecule has 3 aromatic carbocycles. The Labute approximate surface area is 215 Å². The van der Waals surface area contributed by atoms with Crippen LogP contribution in [-0.2, 0) is 22.4 Å². The number of fused-ring (bicyclic) bond motifs is 3. The molecule has 5 rings (SSSR count). The summed E-state index contributed by atoms with van der Waals surface area (Å²) in [4.78, 5) is 25.3. The second kappa shape index (κ2) is 10.6. The minimum Gasteiger partial charge on any atom is -0.480 e. The van der Waals surface area contributed by atoms with E-state index in [4.69, 9.17) is 0 Å². The van der Waals surface area contributed by atoms with E-state index in [1.807, 2.05) is 72.2 Å². The van der Waals surface area contributed by atoms with Gasteiger partial charge in [-0.1, -0.05) is 67.6 Å². The maximum Gasteiger partial charge on any atom is 0.326 e. The van der Waals surface area contributed by atoms with Crippen molar-refractivity contribution in [1.29, 1.82) is 0 Å². The summed E-state index contributed by atoms with van der Waals surface area (Å²) in [7, 11) is 0. The van der Waals surface area contributed by atoms with Crippen LogP contribution < -0.4 is 5.32 Å². The first-order valence-corrected chi connectivity index (χ1v) is 12.9. The van der Waals surface area contributed by atoms with Crippen LogP contribution in [-0.4, -0.2) is 27.6 Å². The molecule has 1 aliphatic carbocycles. The van der Waals surface area contributed by atoms with Crippen LogP contribution in [0.2, 0.25) is 0 Å². The van der Waals surface area contributed by atoms with Crippen LogP contribution in [0.25, 0.3) is 10.9 Å². The number of hydrogen-bond donors (Lipinski definition) is 2. The summed E-state index contributed by atoms with van der Waals surface area (Å²) in [6, 6.07) is 23.8. The molecule has 0 saturated carbocycles. The molecule has 0 spiro atoms. The number of benzene rings is 3. The molecule has 5 nitrogen and oxygen atoms in total. The van der Waals surface area contributed by atoms with Gasteiger partial charge in [-0.2, -0.15) is 0 Å². The molecule has 1 heterocycles. The smallest absolute Gasteiger partial charge is 0.326 e. The molecule has 4 aromatic rings. The van der Waals surface area contributed by atoms with E-state index in [-0.39, 0.29) is 23.7 Å². The van der Waals surface area contributed by atoms with E-state index in [1.54, 1.807) is 6.07 Å². The molecule has 2 atom stereocenters. The lowest BCUT2D eigenvalue weighted by Crippen LogP contribution is -2.39. The van der Waals surface area contributed by atoms with Crippen molar-refractivity contribution >= 4 is 22.8 Å². The number of nitrogens with zero attached hydrogens (tertiary/aromatic N) is 1. The summed E-state index contributed by atoms with van der Waals surface area (Å²) < 4.78 is 16.1. The molecule has 190 valence electrons. The average molecular weight is 499 g/mol. The summed E-state index contributed by atoms with van der Waals surface area (Å²) in [6.45, 7) is 1.85. The predicted molar refractivity (Wildman–Crippen MR) is 142 cm³/mol. The summed E-state index contributed by atoms with van der Waals surface area (Å²) in [5, 5.41) is 13.8. The van der Waals surface area contributed by atoms with Gasteiger partial charge in [0.25, 0.3) is 0 Å². The van der Waals surface area contributed by atoms with Gasteiger partial charge in [-0.25, -0.2) is 9.18 Å². The molecule has 6 heteroatoms. The number of carbonyl (C=O) groups excluding carboxylic acids is 1. The summed E-state index contributed by atoms with van der Waals surface area (Å²) in [5.74, 6) is -1.33. The van der Waals surface area contributed by atoms with Crippen molar-refractivity contribution in [3.05, 3.63) is 107 Å². The minimum atomic E-state index is -0.894. The fraction of sp³-hybridized carbons (Fsp3) is 0.290. The molecule has 37 heavy (non-hydrogen) atoms. The number of hydrogen-bond acceptors (Lipinski definition) is 2. The molecule has 1 aromatic heterocycles. The number of nitrogens with one attached hydrogen (secondary N) is 1. The second-order valence-electron chi connectivity index (χ2n) is 9.80. The van der Waals surface area contributed by atoms with Crippen LogP contribution in [0.4, 0.5) is 4.39 Å². The van der Waals surface area contributed by atoms with Gasteiger partial charge < -0.3 is 15.0 Å². The minimum absolute atomic E-state index is 0.0296. The molecule has 2 N–H and O–H groups in total. The third-order valence-corrected chi connectivity index (χ3v) is 7.50. The first-order chi connectivity index (χ1) is 18.0. The Morgan fingerprint density at radius 1 is 1.03 bits per heavy atom. The number of aromatic nitrogens is 1. The SMILES string of the molecule is CCC(C(=O)O)n1c2c(c3cc(F)ccc31)C[C@@H](NC(=O)CC(c1ccccc1)c1ccccc1)CC2. The summed E-state index contributed by atoms with van der Waals surface area (Å²) in [5.41, 5.74) is 4.79. The van der Waals surface area contributed by atoms with Crippen molar-refractivity contribution in [2.45, 2.75) is 57.0 Å². The quantitative estimate of drug-likeness (QED) is 0.312. The molecule has 1 amide bonds. The Hall–Kier alpha value is -3.93. The number of aliphatic carboxylic acids is 1. The molecule has 1 aliphatic rings. The van der Waals surface area contributed by atoms with Gasteiger partial charge in [0, 0.05) is 35.0 Å². The second-order valence-corrected chi connectivity index (χ2v) is 9.80. The maximum absolute atomic E-state index is 14.2. The molecule has 0 saturated heterocycles. The highest BCUT2D eigenvalue weighted by atomic mass is 19.1. The molecule has 1 unspecified atom stereocenters. The number of carboxylic acid groups (broad SMARTS) is 1. The summed E-state index contributed by atoms with van der Waals surface area (Å²) in [6.07, 6.45) is 2.63. The number of carbonyl (C=O) groups is 2. The Bertz CT molecular complexity index is 1380. The van der Waals surface area contributed by atoms with E-state index in [1.165, 1.54) is 12.1 Å². The van der Waals surface area contributed by atoms with Crippen LogP contribution in [0, 0.1) is 5.82 Å². The van der Waals surface area contributed by atoms with Crippen molar-refractivity contribution in [2.75, 3.05) is 0 Å². The van der Waals surface area contributed by atoms with Gasteiger partial charge in [0.1, 0.15) is 11.9 Å². The number of rotatable bonds is 8. The Morgan fingerprint density at radius 3 is 2.27 bits per heavy atom. The number of carboxylic acids is 1. The Balaban J connectivity index is 1.40. The molecule has 0 bridgehead atoms. The number of halogens is 1. The van der Waals surface area contributed by atoms with Crippen LogP contribution >= 0.6 is 0 Å². The van der Waals surface area contributed by atoms with E-state index in [9.17, 15) is 19.1 Å². The third-order valence-electron chi connectivity index (χ3n) is 7.50. The van der Waals surface area contributed by atoms with Gasteiger partial charge in [-0.3, -0.25) is 4.79 Å². The lowest BCUT2D eigenvalue weighted by atomic mass is 9.87.